The fourth-order valence-electron chi connectivity index (χ4n) is 1.48. The maximum absolute atomic E-state index is 13.6. The number of rotatable bonds is 3. The Morgan fingerprint density at radius 1 is 1.26 bits per heavy atom. The van der Waals surface area contributed by atoms with Gasteiger partial charge in [0, 0.05) is 6.20 Å². The molecule has 0 fully saturated rings. The molecule has 0 unspecified atom stereocenters. The predicted octanol–water partition coefficient (Wildman–Crippen LogP) is 2.98. The maximum atomic E-state index is 13.6. The Labute approximate surface area is 115 Å². The van der Waals surface area contributed by atoms with Crippen LogP contribution in [0.3, 0.4) is 0 Å². The molecule has 0 saturated heterocycles. The number of halogens is 2. The lowest BCUT2D eigenvalue weighted by Crippen LogP contribution is -2.15. The summed E-state index contributed by atoms with van der Waals surface area (Å²) >= 11 is 5.59. The molecule has 0 saturated carbocycles. The molecule has 19 heavy (non-hydrogen) atoms. The lowest BCUT2D eigenvalue weighted by Gasteiger charge is -2.11. The molecular weight excluding hydrogens is 291 g/mol. The van der Waals surface area contributed by atoms with Crippen molar-refractivity contribution in [3.8, 4) is 0 Å². The summed E-state index contributed by atoms with van der Waals surface area (Å²) in [5.41, 5.74) is 0.419. The van der Waals surface area contributed by atoms with Crippen LogP contribution in [0.25, 0.3) is 0 Å². The SMILES string of the molecule is Cc1cccc(F)c1NS(=O)(=O)c1ccc(Cl)nc1. The monoisotopic (exact) mass is 300 g/mol. The molecule has 1 heterocycles. The van der Waals surface area contributed by atoms with E-state index in [0.717, 1.165) is 6.20 Å². The molecule has 0 aliphatic heterocycles. The van der Waals surface area contributed by atoms with Crippen LogP contribution in [-0.4, -0.2) is 13.4 Å². The van der Waals surface area contributed by atoms with Gasteiger partial charge in [0.1, 0.15) is 15.9 Å². The Morgan fingerprint density at radius 2 is 2.00 bits per heavy atom. The fraction of sp³-hybridized carbons (Fsp3) is 0.0833. The van der Waals surface area contributed by atoms with Crippen LogP contribution in [0.1, 0.15) is 5.56 Å². The highest BCUT2D eigenvalue weighted by molar-refractivity contribution is 7.92. The van der Waals surface area contributed by atoms with Gasteiger partial charge in [-0.05, 0) is 30.7 Å². The molecule has 0 amide bonds. The van der Waals surface area contributed by atoms with Crippen molar-refractivity contribution in [2.45, 2.75) is 11.8 Å². The van der Waals surface area contributed by atoms with Crippen LogP contribution in [-0.2, 0) is 10.0 Å². The molecular formula is C12H10ClFN2O2S. The van der Waals surface area contributed by atoms with Gasteiger partial charge >= 0.3 is 0 Å². The average molecular weight is 301 g/mol. The Hall–Kier alpha value is -1.66. The molecule has 1 N–H and O–H groups in total. The van der Waals surface area contributed by atoms with E-state index < -0.39 is 15.8 Å². The first-order valence-corrected chi connectivity index (χ1v) is 7.16. The van der Waals surface area contributed by atoms with Crippen molar-refractivity contribution in [2.75, 3.05) is 4.72 Å². The molecule has 2 rings (SSSR count). The van der Waals surface area contributed by atoms with Crippen molar-refractivity contribution < 1.29 is 12.8 Å². The molecule has 2 aromatic rings. The van der Waals surface area contributed by atoms with Gasteiger partial charge in [-0.2, -0.15) is 0 Å². The summed E-state index contributed by atoms with van der Waals surface area (Å²) in [4.78, 5) is 3.60. The number of nitrogens with one attached hydrogen (secondary N) is 1. The minimum Gasteiger partial charge on any atom is -0.276 e. The number of hydrogen-bond acceptors (Lipinski definition) is 3. The molecule has 0 radical (unpaired) electrons. The van der Waals surface area contributed by atoms with Crippen LogP contribution in [0.15, 0.2) is 41.4 Å². The number of aromatic nitrogens is 1. The Morgan fingerprint density at radius 3 is 2.58 bits per heavy atom. The van der Waals surface area contributed by atoms with Crippen molar-refractivity contribution >= 4 is 27.3 Å². The smallest absolute Gasteiger partial charge is 0.263 e. The minimum absolute atomic E-state index is 0.0718. The Balaban J connectivity index is 2.39. The zero-order valence-corrected chi connectivity index (χ0v) is 11.5. The van der Waals surface area contributed by atoms with Crippen molar-refractivity contribution in [3.63, 3.8) is 0 Å². The van der Waals surface area contributed by atoms with Crippen LogP contribution in [0.4, 0.5) is 10.1 Å². The van der Waals surface area contributed by atoms with Gasteiger partial charge in [0.15, 0.2) is 0 Å². The lowest BCUT2D eigenvalue weighted by molar-refractivity contribution is 0.598. The first kappa shape index (κ1) is 13.8. The standard InChI is InChI=1S/C12H10ClFN2O2S/c1-8-3-2-4-10(14)12(8)16-19(17,18)9-5-6-11(13)15-7-9/h2-7,16H,1H3. The number of anilines is 1. The molecule has 0 aliphatic carbocycles. The third kappa shape index (κ3) is 3.02. The number of pyridine rings is 1. The zero-order chi connectivity index (χ0) is 14.0. The second-order valence-corrected chi connectivity index (χ2v) is 5.92. The zero-order valence-electron chi connectivity index (χ0n) is 9.89. The number of sulfonamides is 1. The first-order chi connectivity index (χ1) is 8.90. The largest absolute Gasteiger partial charge is 0.276 e. The van der Waals surface area contributed by atoms with Crippen LogP contribution in [0, 0.1) is 12.7 Å². The first-order valence-electron chi connectivity index (χ1n) is 5.29. The third-order valence-corrected chi connectivity index (χ3v) is 4.03. The molecule has 0 bridgehead atoms. The minimum atomic E-state index is -3.89. The van der Waals surface area contributed by atoms with Crippen molar-refractivity contribution in [1.29, 1.82) is 0 Å². The summed E-state index contributed by atoms with van der Waals surface area (Å²) in [6, 6.07) is 6.95. The molecule has 4 nitrogen and oxygen atoms in total. The van der Waals surface area contributed by atoms with E-state index in [1.165, 1.54) is 24.3 Å². The molecule has 1 aromatic heterocycles. The molecule has 1 aromatic carbocycles. The summed E-state index contributed by atoms with van der Waals surface area (Å²) in [6.45, 7) is 1.61. The van der Waals surface area contributed by atoms with Gasteiger partial charge in [-0.3, -0.25) is 4.72 Å². The van der Waals surface area contributed by atoms with E-state index in [9.17, 15) is 12.8 Å². The van der Waals surface area contributed by atoms with E-state index in [-0.39, 0.29) is 15.7 Å². The fourth-order valence-corrected chi connectivity index (χ4v) is 2.67. The third-order valence-electron chi connectivity index (χ3n) is 2.47. The van der Waals surface area contributed by atoms with Crippen molar-refractivity contribution in [2.24, 2.45) is 0 Å². The number of aryl methyl sites for hydroxylation is 1. The van der Waals surface area contributed by atoms with Crippen LogP contribution in [0.2, 0.25) is 5.15 Å². The quantitative estimate of drug-likeness (QED) is 0.887. The Bertz CT molecular complexity index is 682. The number of benzene rings is 1. The predicted molar refractivity (Wildman–Crippen MR) is 71.2 cm³/mol. The summed E-state index contributed by atoms with van der Waals surface area (Å²) in [6.07, 6.45) is 1.11. The second kappa shape index (κ2) is 5.14. The summed E-state index contributed by atoms with van der Waals surface area (Å²) in [5.74, 6) is -0.634. The topological polar surface area (TPSA) is 59.1 Å². The van der Waals surface area contributed by atoms with Gasteiger partial charge in [-0.1, -0.05) is 23.7 Å². The summed E-state index contributed by atoms with van der Waals surface area (Å²) < 4.78 is 39.9. The molecule has 7 heteroatoms. The van der Waals surface area contributed by atoms with Crippen molar-refractivity contribution in [1.82, 2.24) is 4.98 Å². The number of nitrogens with zero attached hydrogens (tertiary/aromatic N) is 1. The summed E-state index contributed by atoms with van der Waals surface area (Å²) in [5, 5.41) is 0.182. The number of para-hydroxylation sites is 1. The maximum Gasteiger partial charge on any atom is 0.263 e. The van der Waals surface area contributed by atoms with Gasteiger partial charge in [-0.15, -0.1) is 0 Å². The highest BCUT2D eigenvalue weighted by atomic mass is 35.5. The van der Waals surface area contributed by atoms with Crippen LogP contribution < -0.4 is 4.72 Å². The van der Waals surface area contributed by atoms with Gasteiger partial charge in [-0.25, -0.2) is 17.8 Å². The lowest BCUT2D eigenvalue weighted by atomic mass is 10.2. The highest BCUT2D eigenvalue weighted by Gasteiger charge is 2.17. The number of hydrogen-bond donors (Lipinski definition) is 1. The molecule has 0 atom stereocenters. The van der Waals surface area contributed by atoms with Crippen LogP contribution in [0.5, 0.6) is 0 Å². The average Bonchev–Trinajstić information content (AvgIpc) is 2.35. The van der Waals surface area contributed by atoms with Gasteiger partial charge < -0.3 is 0 Å². The van der Waals surface area contributed by atoms with E-state index in [1.807, 2.05) is 0 Å². The van der Waals surface area contributed by atoms with E-state index in [2.05, 4.69) is 9.71 Å². The van der Waals surface area contributed by atoms with Crippen molar-refractivity contribution in [3.05, 3.63) is 53.1 Å². The molecule has 0 aliphatic rings. The van der Waals surface area contributed by atoms with E-state index in [4.69, 9.17) is 11.6 Å². The van der Waals surface area contributed by atoms with E-state index in [0.29, 0.717) is 5.56 Å². The van der Waals surface area contributed by atoms with Gasteiger partial charge in [0.25, 0.3) is 10.0 Å². The van der Waals surface area contributed by atoms with Crippen LogP contribution >= 0.6 is 11.6 Å². The van der Waals surface area contributed by atoms with Gasteiger partial charge in [0.05, 0.1) is 5.69 Å². The van der Waals surface area contributed by atoms with Gasteiger partial charge in [0.2, 0.25) is 0 Å². The molecule has 0 spiro atoms. The van der Waals surface area contributed by atoms with E-state index >= 15 is 0 Å². The molecule has 100 valence electrons. The van der Waals surface area contributed by atoms with E-state index in [1.54, 1.807) is 13.0 Å². The highest BCUT2D eigenvalue weighted by Crippen LogP contribution is 2.22. The normalized spacial score (nSPS) is 11.3. The summed E-state index contributed by atoms with van der Waals surface area (Å²) in [7, 11) is -3.89. The second-order valence-electron chi connectivity index (χ2n) is 3.85. The Kier molecular flexibility index (Phi) is 3.73.